The summed E-state index contributed by atoms with van der Waals surface area (Å²) < 4.78 is 25.5. The summed E-state index contributed by atoms with van der Waals surface area (Å²) >= 11 is 0. The summed E-state index contributed by atoms with van der Waals surface area (Å²) in [6, 6.07) is 6.39. The third kappa shape index (κ3) is 3.04. The van der Waals surface area contributed by atoms with Crippen LogP contribution in [-0.4, -0.2) is 20.4 Å². The van der Waals surface area contributed by atoms with Gasteiger partial charge in [-0.1, -0.05) is 25.1 Å². The largest absolute Gasteiger partial charge is 0.548 e. The van der Waals surface area contributed by atoms with Crippen LogP contribution in [0.4, 0.5) is 0 Å². The van der Waals surface area contributed by atoms with Crippen molar-refractivity contribution < 1.29 is 18.3 Å². The number of carbonyl (C=O) groups excluding carboxylic acids is 1. The van der Waals surface area contributed by atoms with Crippen LogP contribution in [0.1, 0.15) is 13.3 Å². The number of nitrogens with one attached hydrogen (secondary N) is 1. The van der Waals surface area contributed by atoms with Crippen molar-refractivity contribution in [2.75, 3.05) is 0 Å². The zero-order chi connectivity index (χ0) is 12.2. The smallest absolute Gasteiger partial charge is 0.241 e. The minimum absolute atomic E-state index is 0.0368. The molecule has 0 radical (unpaired) electrons. The lowest BCUT2D eigenvalue weighted by molar-refractivity contribution is -0.308. The van der Waals surface area contributed by atoms with Gasteiger partial charge in [-0.25, -0.2) is 13.1 Å². The summed E-state index contributed by atoms with van der Waals surface area (Å²) in [5.74, 6) is -1.43. The highest BCUT2D eigenvalue weighted by molar-refractivity contribution is 7.89. The number of carbonyl (C=O) groups is 1. The Morgan fingerprint density at radius 1 is 1.38 bits per heavy atom. The second kappa shape index (κ2) is 5.09. The fraction of sp³-hybridized carbons (Fsp3) is 0.300. The topological polar surface area (TPSA) is 86.3 Å². The molecule has 0 spiro atoms. The molecule has 1 aromatic rings. The summed E-state index contributed by atoms with van der Waals surface area (Å²) in [6.45, 7) is 1.56. The Balaban J connectivity index is 2.92. The number of hydrogen-bond donors (Lipinski definition) is 1. The second-order valence-corrected chi connectivity index (χ2v) is 4.93. The highest BCUT2D eigenvalue weighted by Crippen LogP contribution is 2.08. The molecule has 0 amide bonds. The van der Waals surface area contributed by atoms with E-state index in [4.69, 9.17) is 0 Å². The summed E-state index contributed by atoms with van der Waals surface area (Å²) in [5, 5.41) is 10.6. The molecule has 0 fully saturated rings. The Kier molecular flexibility index (Phi) is 4.03. The zero-order valence-electron chi connectivity index (χ0n) is 8.71. The molecule has 1 N–H and O–H groups in total. The number of hydrogen-bond acceptors (Lipinski definition) is 4. The third-order valence-electron chi connectivity index (χ3n) is 2.04. The maximum atomic E-state index is 11.7. The van der Waals surface area contributed by atoms with Crippen molar-refractivity contribution in [2.45, 2.75) is 24.3 Å². The van der Waals surface area contributed by atoms with E-state index < -0.39 is 22.0 Å². The van der Waals surface area contributed by atoms with Crippen LogP contribution < -0.4 is 9.83 Å². The van der Waals surface area contributed by atoms with Crippen molar-refractivity contribution in [3.8, 4) is 0 Å². The van der Waals surface area contributed by atoms with Crippen molar-refractivity contribution in [3.63, 3.8) is 0 Å². The summed E-state index contributed by atoms with van der Waals surface area (Å²) in [5.41, 5.74) is 0. The van der Waals surface area contributed by atoms with E-state index in [0.717, 1.165) is 0 Å². The molecule has 0 saturated carbocycles. The van der Waals surface area contributed by atoms with Crippen LogP contribution in [0, 0.1) is 0 Å². The number of rotatable bonds is 5. The molecule has 5 nitrogen and oxygen atoms in total. The van der Waals surface area contributed by atoms with Crippen molar-refractivity contribution in [1.29, 1.82) is 0 Å². The van der Waals surface area contributed by atoms with Crippen LogP contribution in [0.15, 0.2) is 35.2 Å². The van der Waals surface area contributed by atoms with Crippen molar-refractivity contribution in [2.24, 2.45) is 0 Å². The van der Waals surface area contributed by atoms with E-state index in [9.17, 15) is 18.3 Å². The number of aliphatic carboxylic acids is 1. The Labute approximate surface area is 94.2 Å². The molecule has 1 rings (SSSR count). The van der Waals surface area contributed by atoms with E-state index in [0.29, 0.717) is 0 Å². The molecule has 0 aliphatic heterocycles. The molecular formula is C10H12NO4S-. The summed E-state index contributed by atoms with van der Waals surface area (Å²) in [7, 11) is -3.79. The molecule has 0 aliphatic rings. The predicted octanol–water partition coefficient (Wildman–Crippen LogP) is -0.507. The Bertz CT molecular complexity index is 455. The predicted molar refractivity (Wildman–Crippen MR) is 55.8 cm³/mol. The molecule has 16 heavy (non-hydrogen) atoms. The highest BCUT2D eigenvalue weighted by atomic mass is 32.2. The van der Waals surface area contributed by atoms with Gasteiger partial charge in [-0.05, 0) is 18.6 Å². The first kappa shape index (κ1) is 12.7. The van der Waals surface area contributed by atoms with Gasteiger partial charge in [0.15, 0.2) is 0 Å². The first-order valence-electron chi connectivity index (χ1n) is 4.75. The third-order valence-corrected chi connectivity index (χ3v) is 3.53. The molecule has 0 aliphatic carbocycles. The van der Waals surface area contributed by atoms with Gasteiger partial charge < -0.3 is 9.90 Å². The van der Waals surface area contributed by atoms with E-state index in [2.05, 4.69) is 4.72 Å². The molecule has 0 bridgehead atoms. The Morgan fingerprint density at radius 2 is 1.94 bits per heavy atom. The van der Waals surface area contributed by atoms with Gasteiger partial charge in [-0.2, -0.15) is 0 Å². The van der Waals surface area contributed by atoms with E-state index in [1.165, 1.54) is 12.1 Å². The molecular weight excluding hydrogens is 230 g/mol. The maximum Gasteiger partial charge on any atom is 0.241 e. The van der Waals surface area contributed by atoms with E-state index in [-0.39, 0.29) is 11.3 Å². The van der Waals surface area contributed by atoms with Gasteiger partial charge >= 0.3 is 0 Å². The monoisotopic (exact) mass is 242 g/mol. The molecule has 0 heterocycles. The molecule has 6 heteroatoms. The number of carboxylic acids is 1. The van der Waals surface area contributed by atoms with Gasteiger partial charge in [0.25, 0.3) is 0 Å². The lowest BCUT2D eigenvalue weighted by Crippen LogP contribution is -2.47. The minimum atomic E-state index is -3.79. The average Bonchev–Trinajstić information content (AvgIpc) is 2.27. The van der Waals surface area contributed by atoms with Crippen molar-refractivity contribution >= 4 is 16.0 Å². The fourth-order valence-corrected chi connectivity index (χ4v) is 2.44. The SMILES string of the molecule is CC[C@@H](NS(=O)(=O)c1ccccc1)C(=O)[O-]. The van der Waals surface area contributed by atoms with Crippen LogP contribution >= 0.6 is 0 Å². The first-order valence-corrected chi connectivity index (χ1v) is 6.24. The van der Waals surface area contributed by atoms with E-state index in [1.54, 1.807) is 25.1 Å². The van der Waals surface area contributed by atoms with Crippen molar-refractivity contribution in [1.82, 2.24) is 4.72 Å². The van der Waals surface area contributed by atoms with Crippen LogP contribution in [0.3, 0.4) is 0 Å². The molecule has 1 atom stereocenters. The van der Waals surface area contributed by atoms with Gasteiger partial charge in [0.1, 0.15) is 0 Å². The zero-order valence-corrected chi connectivity index (χ0v) is 9.53. The second-order valence-electron chi connectivity index (χ2n) is 3.21. The van der Waals surface area contributed by atoms with Gasteiger partial charge in [0.2, 0.25) is 10.0 Å². The number of sulfonamides is 1. The molecule has 0 saturated heterocycles. The quantitative estimate of drug-likeness (QED) is 0.753. The molecule has 1 aromatic carbocycles. The van der Waals surface area contributed by atoms with Crippen LogP contribution in [0.25, 0.3) is 0 Å². The van der Waals surface area contributed by atoms with Crippen LogP contribution in [-0.2, 0) is 14.8 Å². The number of carboxylic acid groups (broad SMARTS) is 1. The Hall–Kier alpha value is -1.40. The van der Waals surface area contributed by atoms with Crippen molar-refractivity contribution in [3.05, 3.63) is 30.3 Å². The van der Waals surface area contributed by atoms with E-state index >= 15 is 0 Å². The maximum absolute atomic E-state index is 11.7. The molecule has 0 unspecified atom stereocenters. The molecule has 88 valence electrons. The number of benzene rings is 1. The highest BCUT2D eigenvalue weighted by Gasteiger charge is 2.18. The van der Waals surface area contributed by atoms with Gasteiger partial charge in [0.05, 0.1) is 16.9 Å². The van der Waals surface area contributed by atoms with Crippen LogP contribution in [0.2, 0.25) is 0 Å². The average molecular weight is 242 g/mol. The molecule has 0 aromatic heterocycles. The Morgan fingerprint density at radius 3 is 2.38 bits per heavy atom. The van der Waals surface area contributed by atoms with E-state index in [1.807, 2.05) is 0 Å². The van der Waals surface area contributed by atoms with Gasteiger partial charge in [0, 0.05) is 0 Å². The first-order chi connectivity index (χ1) is 7.47. The normalized spacial score (nSPS) is 13.3. The summed E-state index contributed by atoms with van der Waals surface area (Å²) in [4.78, 5) is 10.6. The summed E-state index contributed by atoms with van der Waals surface area (Å²) in [6.07, 6.45) is 0.133. The van der Waals surface area contributed by atoms with Gasteiger partial charge in [-0.3, -0.25) is 0 Å². The lowest BCUT2D eigenvalue weighted by atomic mass is 10.2. The fourth-order valence-electron chi connectivity index (χ4n) is 1.15. The lowest BCUT2D eigenvalue weighted by Gasteiger charge is -2.17. The standard InChI is InChI=1S/C10H13NO4S/c1-2-9(10(12)13)11-16(14,15)8-6-4-3-5-7-8/h3-7,9,11H,2H2,1H3,(H,12,13)/p-1/t9-/m1/s1. The van der Waals surface area contributed by atoms with Crippen LogP contribution in [0.5, 0.6) is 0 Å². The minimum Gasteiger partial charge on any atom is -0.548 e. The van der Waals surface area contributed by atoms with Gasteiger partial charge in [-0.15, -0.1) is 0 Å².